The lowest BCUT2D eigenvalue weighted by molar-refractivity contribution is 0.177. The highest BCUT2D eigenvalue weighted by Gasteiger charge is 2.18. The van der Waals surface area contributed by atoms with Crippen LogP contribution in [-0.2, 0) is 52.4 Å². The summed E-state index contributed by atoms with van der Waals surface area (Å²) in [5, 5.41) is 36.7. The molecule has 0 saturated carbocycles. The lowest BCUT2D eigenvalue weighted by Gasteiger charge is -2.25. The fourth-order valence-corrected chi connectivity index (χ4v) is 7.92. The first kappa shape index (κ1) is 49.1. The Balaban J connectivity index is 1.41. The van der Waals surface area contributed by atoms with E-state index in [-0.39, 0.29) is 0 Å². The molecule has 14 nitrogen and oxygen atoms in total. The third-order valence-corrected chi connectivity index (χ3v) is 11.6. The van der Waals surface area contributed by atoms with Crippen molar-refractivity contribution in [1.29, 1.82) is 0 Å². The van der Waals surface area contributed by atoms with Crippen molar-refractivity contribution in [2.24, 2.45) is 0 Å². The Kier molecular flexibility index (Phi) is 25.7. The molecule has 0 N–H and O–H groups in total. The van der Waals surface area contributed by atoms with Gasteiger partial charge in [0.05, 0.1) is 22.8 Å². The summed E-state index contributed by atoms with van der Waals surface area (Å²) in [5.74, 6) is 0. The van der Waals surface area contributed by atoms with E-state index in [4.69, 9.17) is 0 Å². The van der Waals surface area contributed by atoms with Crippen molar-refractivity contribution in [3.8, 4) is 0 Å². The van der Waals surface area contributed by atoms with E-state index in [1.165, 1.54) is 128 Å². The molecule has 14 heteroatoms. The van der Waals surface area contributed by atoms with Crippen LogP contribution in [0.2, 0.25) is 0 Å². The molecule has 0 bridgehead atoms. The van der Waals surface area contributed by atoms with Gasteiger partial charge in [-0.25, -0.2) is 0 Å². The molecule has 0 saturated heterocycles. The lowest BCUT2D eigenvalue weighted by atomic mass is 10.1. The predicted molar refractivity (Wildman–Crippen MR) is 242 cm³/mol. The number of hydrogen-bond acceptors (Lipinski definition) is 10. The third kappa shape index (κ3) is 21.3. The van der Waals surface area contributed by atoms with Gasteiger partial charge in [-0.15, -0.1) is 20.4 Å². The number of nitrogens with zero attached hydrogens (tertiary/aromatic N) is 14. The molecule has 0 aliphatic carbocycles. The number of hydrogen-bond donors (Lipinski definition) is 0. The van der Waals surface area contributed by atoms with E-state index in [1.54, 1.807) is 0 Å². The third-order valence-electron chi connectivity index (χ3n) is 11.6. The molecule has 0 spiro atoms. The zero-order chi connectivity index (χ0) is 42.3. The van der Waals surface area contributed by atoms with E-state index in [9.17, 15) is 0 Å². The summed E-state index contributed by atoms with van der Waals surface area (Å²) in [6, 6.07) is 0. The lowest BCUT2D eigenvalue weighted by Crippen LogP contribution is -2.34. The molecule has 0 aliphatic rings. The molecule has 4 rings (SSSR count). The largest absolute Gasteiger partial charge is 0.290 e. The Morgan fingerprint density at radius 2 is 0.533 bits per heavy atom. The summed E-state index contributed by atoms with van der Waals surface area (Å²) < 4.78 is 8.11. The minimum atomic E-state index is 0.692. The summed E-state index contributed by atoms with van der Waals surface area (Å²) in [6.07, 6.45) is 38.9. The van der Waals surface area contributed by atoms with Gasteiger partial charge in [-0.3, -0.25) is 28.5 Å². The smallest absolute Gasteiger partial charge is 0.0967 e. The topological polar surface area (TPSA) is 129 Å². The first-order valence-corrected chi connectivity index (χ1v) is 24.6. The van der Waals surface area contributed by atoms with Crippen molar-refractivity contribution in [1.82, 2.24) is 69.8 Å². The van der Waals surface area contributed by atoms with Crippen molar-refractivity contribution in [3.63, 3.8) is 0 Å². The van der Waals surface area contributed by atoms with Crippen LogP contribution in [0.3, 0.4) is 0 Å². The van der Waals surface area contributed by atoms with Crippen LogP contribution in [0.5, 0.6) is 0 Å². The van der Waals surface area contributed by atoms with E-state index >= 15 is 0 Å². The van der Waals surface area contributed by atoms with Gasteiger partial charge in [0.1, 0.15) is 0 Å². The van der Waals surface area contributed by atoms with Gasteiger partial charge in [0.2, 0.25) is 0 Å². The molecule has 0 radical (unpaired) electrons. The van der Waals surface area contributed by atoms with Crippen LogP contribution in [0, 0.1) is 0 Å². The van der Waals surface area contributed by atoms with Crippen molar-refractivity contribution in [2.45, 2.75) is 234 Å². The molecular weight excluding hydrogens is 749 g/mol. The standard InChI is InChI=1S/C46H84N14/c1-5-9-13-17-21-25-29-57-39-43(47-51-57)35-55(36-44-40-58(52-48-44)30-26-22-18-14-10-6-2)33-34-56(37-45-41-59(53-49-45)31-27-23-19-15-11-7-3)38-46-42-60(54-50-46)32-28-24-20-16-12-8-4/h39-42H,5-38H2,1-4H3. The zero-order valence-corrected chi connectivity index (χ0v) is 38.6. The Labute approximate surface area is 363 Å². The minimum absolute atomic E-state index is 0.692. The average Bonchev–Trinajstić information content (AvgIpc) is 4.09. The molecule has 0 amide bonds. The van der Waals surface area contributed by atoms with Crippen LogP contribution in [-0.4, -0.2) is 82.9 Å². The van der Waals surface area contributed by atoms with Crippen LogP contribution in [0.25, 0.3) is 0 Å². The predicted octanol–water partition coefficient (Wildman–Crippen LogP) is 10.2. The highest BCUT2D eigenvalue weighted by molar-refractivity contribution is 4.99. The molecule has 60 heavy (non-hydrogen) atoms. The average molecular weight is 833 g/mol. The van der Waals surface area contributed by atoms with Crippen LogP contribution in [0.1, 0.15) is 205 Å². The van der Waals surface area contributed by atoms with Crippen molar-refractivity contribution in [2.75, 3.05) is 13.1 Å². The summed E-state index contributed by atoms with van der Waals surface area (Å²) in [7, 11) is 0. The fourth-order valence-electron chi connectivity index (χ4n) is 7.92. The maximum absolute atomic E-state index is 4.63. The Hall–Kier alpha value is -3.52. The number of aromatic nitrogens is 12. The second kappa shape index (κ2) is 31.3. The molecule has 0 aromatic carbocycles. The van der Waals surface area contributed by atoms with Gasteiger partial charge in [-0.2, -0.15) is 0 Å². The zero-order valence-electron chi connectivity index (χ0n) is 38.6. The van der Waals surface area contributed by atoms with E-state index in [1.807, 2.05) is 18.7 Å². The molecule has 0 aliphatic heterocycles. The van der Waals surface area contributed by atoms with Crippen molar-refractivity contribution >= 4 is 0 Å². The summed E-state index contributed by atoms with van der Waals surface area (Å²) in [4.78, 5) is 4.88. The van der Waals surface area contributed by atoms with E-state index in [0.29, 0.717) is 26.2 Å². The molecule has 338 valence electrons. The van der Waals surface area contributed by atoms with Gasteiger partial charge in [0.25, 0.3) is 0 Å². The highest BCUT2D eigenvalue weighted by atomic mass is 15.4. The fraction of sp³-hybridized carbons (Fsp3) is 0.826. The van der Waals surface area contributed by atoms with Crippen LogP contribution in [0.15, 0.2) is 24.8 Å². The number of unbranched alkanes of at least 4 members (excludes halogenated alkanes) is 20. The second-order valence-electron chi connectivity index (χ2n) is 17.4. The van der Waals surface area contributed by atoms with Crippen LogP contribution in [0.4, 0.5) is 0 Å². The van der Waals surface area contributed by atoms with Crippen LogP contribution >= 0.6 is 0 Å². The quantitative estimate of drug-likeness (QED) is 0.0401. The molecule has 4 aromatic heterocycles. The Bertz CT molecular complexity index is 1360. The molecule has 0 unspecified atom stereocenters. The summed E-state index contributed by atoms with van der Waals surface area (Å²) in [5.41, 5.74) is 3.95. The summed E-state index contributed by atoms with van der Waals surface area (Å²) >= 11 is 0. The van der Waals surface area contributed by atoms with Crippen LogP contribution < -0.4 is 0 Å². The highest BCUT2D eigenvalue weighted by Crippen LogP contribution is 2.14. The van der Waals surface area contributed by atoms with E-state index in [0.717, 1.165) is 87.7 Å². The monoisotopic (exact) mass is 833 g/mol. The van der Waals surface area contributed by atoms with Gasteiger partial charge in [0.15, 0.2) is 0 Å². The molecule has 4 aromatic rings. The van der Waals surface area contributed by atoms with Gasteiger partial charge in [-0.1, -0.05) is 177 Å². The van der Waals surface area contributed by atoms with Gasteiger partial charge in [-0.05, 0) is 25.7 Å². The van der Waals surface area contributed by atoms with Gasteiger partial charge in [0, 0.05) is 90.2 Å². The van der Waals surface area contributed by atoms with Crippen molar-refractivity contribution < 1.29 is 0 Å². The van der Waals surface area contributed by atoms with Gasteiger partial charge >= 0.3 is 0 Å². The SMILES string of the molecule is CCCCCCCCn1cc(CN(CCN(Cc2cn(CCCCCCCC)nn2)Cc2cn(CCCCCCCC)nn2)Cc2cn(CCCCCCCC)nn2)nn1. The maximum Gasteiger partial charge on any atom is 0.0967 e. The Morgan fingerprint density at radius 1 is 0.317 bits per heavy atom. The normalized spacial score (nSPS) is 11.9. The number of aryl methyl sites for hydroxylation is 4. The molecule has 0 fully saturated rings. The Morgan fingerprint density at radius 3 is 0.767 bits per heavy atom. The van der Waals surface area contributed by atoms with E-state index in [2.05, 4.69) is 104 Å². The van der Waals surface area contributed by atoms with Crippen molar-refractivity contribution in [3.05, 3.63) is 47.6 Å². The molecular formula is C46H84N14. The summed E-state index contributed by atoms with van der Waals surface area (Å²) in [6.45, 7) is 17.1. The van der Waals surface area contributed by atoms with E-state index < -0.39 is 0 Å². The number of rotatable bonds is 39. The minimum Gasteiger partial charge on any atom is -0.290 e. The maximum atomic E-state index is 4.63. The first-order valence-electron chi connectivity index (χ1n) is 24.6. The molecule has 4 heterocycles. The first-order chi connectivity index (χ1) is 29.6. The molecule has 0 atom stereocenters. The second-order valence-corrected chi connectivity index (χ2v) is 17.4. The van der Waals surface area contributed by atoms with Gasteiger partial charge < -0.3 is 0 Å².